The molecule has 5 nitrogen and oxygen atoms in total. The van der Waals surface area contributed by atoms with E-state index < -0.39 is 29.7 Å². The molecule has 6 heteroatoms. The number of halogens is 1. The number of hydrogen-bond acceptors (Lipinski definition) is 3. The molecule has 1 fully saturated rings. The Balaban J connectivity index is 1.33. The number of benzene rings is 3. The molecule has 3 aromatic carbocycles. The fourth-order valence-electron chi connectivity index (χ4n) is 4.98. The van der Waals surface area contributed by atoms with Gasteiger partial charge in [0.1, 0.15) is 12.4 Å². The summed E-state index contributed by atoms with van der Waals surface area (Å²) in [5.74, 6) is -3.08. The number of hydrogen-bond donors (Lipinski definition) is 1. The minimum atomic E-state index is -1.05. The van der Waals surface area contributed by atoms with Crippen LogP contribution in [0.2, 0.25) is 0 Å². The van der Waals surface area contributed by atoms with E-state index in [2.05, 4.69) is 12.1 Å². The maximum Gasteiger partial charge on any atom is 0.409 e. The smallest absolute Gasteiger partial charge is 0.409 e. The van der Waals surface area contributed by atoms with Gasteiger partial charge in [-0.25, -0.2) is 9.18 Å². The van der Waals surface area contributed by atoms with Crippen LogP contribution in [0.1, 0.15) is 28.5 Å². The predicted octanol–water partition coefficient (Wildman–Crippen LogP) is 4.87. The van der Waals surface area contributed by atoms with Gasteiger partial charge in [0.05, 0.1) is 5.92 Å². The molecule has 0 bridgehead atoms. The third-order valence-corrected chi connectivity index (χ3v) is 6.54. The largest absolute Gasteiger partial charge is 0.481 e. The standard InChI is InChI=1S/C26H22FNO4/c27-24-12-6-5-11-20(24)21-13-28(14-22(21)25(29)30)26(31)32-15-23-18-9-3-1-7-16(18)17-8-2-4-10-19(17)23/h1-12,21-23H,13-15H2,(H,29,30)/t21-,22+/m0/s1. The second-order valence-corrected chi connectivity index (χ2v) is 8.28. The molecule has 1 N–H and O–H groups in total. The molecule has 3 aromatic rings. The Kier molecular flexibility index (Phi) is 5.13. The molecule has 2 atom stereocenters. The molecule has 1 saturated heterocycles. The first kappa shape index (κ1) is 20.2. The molecule has 0 radical (unpaired) electrons. The average molecular weight is 431 g/mol. The number of fused-ring (bicyclic) bond motifs is 3. The van der Waals surface area contributed by atoms with Crippen LogP contribution in [0.15, 0.2) is 72.8 Å². The number of carboxylic acid groups (broad SMARTS) is 1. The van der Waals surface area contributed by atoms with Crippen LogP contribution in [0.4, 0.5) is 9.18 Å². The van der Waals surface area contributed by atoms with Crippen molar-refractivity contribution in [2.75, 3.05) is 19.7 Å². The van der Waals surface area contributed by atoms with Gasteiger partial charge in [-0.1, -0.05) is 66.7 Å². The van der Waals surface area contributed by atoms with Crippen molar-refractivity contribution in [1.82, 2.24) is 4.90 Å². The molecule has 1 amide bonds. The predicted molar refractivity (Wildman–Crippen MR) is 117 cm³/mol. The van der Waals surface area contributed by atoms with Gasteiger partial charge in [0.25, 0.3) is 0 Å². The van der Waals surface area contributed by atoms with E-state index in [0.29, 0.717) is 5.56 Å². The summed E-state index contributed by atoms with van der Waals surface area (Å²) in [6.07, 6.45) is -0.572. The maximum absolute atomic E-state index is 14.3. The number of ether oxygens (including phenoxy) is 1. The van der Waals surface area contributed by atoms with E-state index >= 15 is 0 Å². The molecule has 1 aliphatic heterocycles. The number of aliphatic carboxylic acids is 1. The van der Waals surface area contributed by atoms with Crippen LogP contribution >= 0.6 is 0 Å². The number of likely N-dealkylation sites (tertiary alicyclic amines) is 1. The van der Waals surface area contributed by atoms with Gasteiger partial charge in [0.2, 0.25) is 0 Å². The van der Waals surface area contributed by atoms with E-state index in [0.717, 1.165) is 22.3 Å². The minimum absolute atomic E-state index is 0.00892. The van der Waals surface area contributed by atoms with E-state index in [1.807, 2.05) is 36.4 Å². The lowest BCUT2D eigenvalue weighted by Crippen LogP contribution is -2.31. The second-order valence-electron chi connectivity index (χ2n) is 8.28. The van der Waals surface area contributed by atoms with Crippen LogP contribution in [-0.2, 0) is 9.53 Å². The third kappa shape index (κ3) is 3.42. The van der Waals surface area contributed by atoms with E-state index in [1.54, 1.807) is 18.2 Å². The van der Waals surface area contributed by atoms with Crippen LogP contribution in [0, 0.1) is 11.7 Å². The van der Waals surface area contributed by atoms with Crippen molar-refractivity contribution in [1.29, 1.82) is 0 Å². The SMILES string of the molecule is O=C(O)[C@@H]1CN(C(=O)OCC2c3ccccc3-c3ccccc32)C[C@H]1c1ccccc1F. The highest BCUT2D eigenvalue weighted by Gasteiger charge is 2.42. The fraction of sp³-hybridized carbons (Fsp3) is 0.231. The van der Waals surface area contributed by atoms with Crippen molar-refractivity contribution in [2.45, 2.75) is 11.8 Å². The number of rotatable bonds is 4. The molecule has 5 rings (SSSR count). The Morgan fingerprint density at radius 2 is 1.44 bits per heavy atom. The zero-order valence-electron chi connectivity index (χ0n) is 17.3. The summed E-state index contributed by atoms with van der Waals surface area (Å²) in [5.41, 5.74) is 4.80. The summed E-state index contributed by atoms with van der Waals surface area (Å²) in [4.78, 5) is 26.1. The first-order valence-electron chi connectivity index (χ1n) is 10.6. The summed E-state index contributed by atoms with van der Waals surface area (Å²) >= 11 is 0. The molecule has 162 valence electrons. The van der Waals surface area contributed by atoms with Crippen molar-refractivity contribution in [3.05, 3.63) is 95.3 Å². The molecule has 0 unspecified atom stereocenters. The van der Waals surface area contributed by atoms with E-state index in [1.165, 1.54) is 11.0 Å². The lowest BCUT2D eigenvalue weighted by Gasteiger charge is -2.19. The van der Waals surface area contributed by atoms with Gasteiger partial charge in [-0.05, 0) is 33.9 Å². The Morgan fingerprint density at radius 1 is 0.875 bits per heavy atom. The zero-order chi connectivity index (χ0) is 22.2. The van der Waals surface area contributed by atoms with Crippen LogP contribution in [-0.4, -0.2) is 41.8 Å². The molecule has 0 spiro atoms. The molecule has 0 aromatic heterocycles. The fourth-order valence-corrected chi connectivity index (χ4v) is 4.98. The summed E-state index contributed by atoms with van der Waals surface area (Å²) < 4.78 is 20.0. The van der Waals surface area contributed by atoms with Gasteiger partial charge < -0.3 is 14.7 Å². The van der Waals surface area contributed by atoms with Crippen LogP contribution in [0.25, 0.3) is 11.1 Å². The average Bonchev–Trinajstić information content (AvgIpc) is 3.38. The minimum Gasteiger partial charge on any atom is -0.481 e. The summed E-state index contributed by atoms with van der Waals surface area (Å²) in [5, 5.41) is 9.66. The van der Waals surface area contributed by atoms with Crippen molar-refractivity contribution in [3.63, 3.8) is 0 Å². The molecule has 0 saturated carbocycles. The van der Waals surface area contributed by atoms with E-state index in [-0.39, 0.29) is 25.6 Å². The number of carboxylic acids is 1. The summed E-state index contributed by atoms with van der Waals surface area (Å²) in [6, 6.07) is 22.2. The second kappa shape index (κ2) is 8.11. The number of carbonyl (C=O) groups excluding carboxylic acids is 1. The van der Waals surface area contributed by atoms with Gasteiger partial charge in [-0.2, -0.15) is 0 Å². The Hall–Kier alpha value is -3.67. The Morgan fingerprint density at radius 3 is 2.03 bits per heavy atom. The third-order valence-electron chi connectivity index (χ3n) is 6.54. The van der Waals surface area contributed by atoms with Gasteiger partial charge >= 0.3 is 12.1 Å². The van der Waals surface area contributed by atoms with Crippen molar-refractivity contribution < 1.29 is 23.8 Å². The number of nitrogens with zero attached hydrogens (tertiary/aromatic N) is 1. The highest BCUT2D eigenvalue weighted by molar-refractivity contribution is 5.79. The van der Waals surface area contributed by atoms with Crippen LogP contribution in [0.5, 0.6) is 0 Å². The van der Waals surface area contributed by atoms with Gasteiger partial charge in [-0.3, -0.25) is 4.79 Å². The lowest BCUT2D eigenvalue weighted by molar-refractivity contribution is -0.141. The number of amides is 1. The molecule has 1 heterocycles. The highest BCUT2D eigenvalue weighted by atomic mass is 19.1. The summed E-state index contributed by atoms with van der Waals surface area (Å²) in [6.45, 7) is 0.255. The van der Waals surface area contributed by atoms with E-state index in [9.17, 15) is 19.1 Å². The Labute approximate surface area is 185 Å². The zero-order valence-corrected chi connectivity index (χ0v) is 17.3. The van der Waals surface area contributed by atoms with Crippen LogP contribution in [0.3, 0.4) is 0 Å². The van der Waals surface area contributed by atoms with Gasteiger partial charge in [0, 0.05) is 24.9 Å². The highest BCUT2D eigenvalue weighted by Crippen LogP contribution is 2.44. The van der Waals surface area contributed by atoms with Crippen molar-refractivity contribution in [2.24, 2.45) is 5.92 Å². The lowest BCUT2D eigenvalue weighted by atomic mass is 9.89. The first-order chi connectivity index (χ1) is 15.5. The monoisotopic (exact) mass is 431 g/mol. The van der Waals surface area contributed by atoms with Crippen molar-refractivity contribution in [3.8, 4) is 11.1 Å². The quantitative estimate of drug-likeness (QED) is 0.640. The Bertz CT molecular complexity index is 1150. The maximum atomic E-state index is 14.3. The molecule has 1 aliphatic carbocycles. The first-order valence-corrected chi connectivity index (χ1v) is 10.6. The molecular formula is C26H22FNO4. The van der Waals surface area contributed by atoms with E-state index in [4.69, 9.17) is 4.74 Å². The van der Waals surface area contributed by atoms with Crippen molar-refractivity contribution >= 4 is 12.1 Å². The molecule has 32 heavy (non-hydrogen) atoms. The summed E-state index contributed by atoms with van der Waals surface area (Å²) in [7, 11) is 0. The number of carbonyl (C=O) groups is 2. The topological polar surface area (TPSA) is 66.8 Å². The van der Waals surface area contributed by atoms with Gasteiger partial charge in [0.15, 0.2) is 0 Å². The molecule has 2 aliphatic rings. The van der Waals surface area contributed by atoms with Gasteiger partial charge in [-0.15, -0.1) is 0 Å². The molecular weight excluding hydrogens is 409 g/mol. The normalized spacial score (nSPS) is 19.5. The van der Waals surface area contributed by atoms with Crippen LogP contribution < -0.4 is 0 Å².